The summed E-state index contributed by atoms with van der Waals surface area (Å²) in [4.78, 5) is 12.3. The number of para-hydroxylation sites is 1. The molecule has 0 spiro atoms. The van der Waals surface area contributed by atoms with Gasteiger partial charge in [-0.3, -0.25) is 9.52 Å². The van der Waals surface area contributed by atoms with E-state index in [4.69, 9.17) is 0 Å². The Labute approximate surface area is 163 Å². The van der Waals surface area contributed by atoms with E-state index in [9.17, 15) is 17.6 Å². The average molecular weight is 398 g/mol. The minimum Gasteiger partial charge on any atom is -0.351 e. The third-order valence-electron chi connectivity index (χ3n) is 4.02. The third kappa shape index (κ3) is 5.17. The van der Waals surface area contributed by atoms with Crippen LogP contribution < -0.4 is 10.0 Å². The zero-order valence-electron chi connectivity index (χ0n) is 14.9. The monoisotopic (exact) mass is 398 g/mol. The van der Waals surface area contributed by atoms with Gasteiger partial charge in [-0.05, 0) is 35.4 Å². The number of nitrogens with one attached hydrogen (secondary N) is 2. The lowest BCUT2D eigenvalue weighted by atomic mass is 10.0. The maximum atomic E-state index is 14.1. The number of hydrogen-bond donors (Lipinski definition) is 2. The number of sulfonamides is 1. The van der Waals surface area contributed by atoms with Crippen molar-refractivity contribution in [3.63, 3.8) is 0 Å². The van der Waals surface area contributed by atoms with E-state index >= 15 is 0 Å². The molecule has 0 saturated heterocycles. The molecule has 0 heterocycles. The molecule has 0 saturated carbocycles. The average Bonchev–Trinajstić information content (AvgIpc) is 2.69. The maximum Gasteiger partial charge on any atom is 0.254 e. The highest BCUT2D eigenvalue weighted by Crippen LogP contribution is 2.21. The van der Waals surface area contributed by atoms with E-state index in [2.05, 4.69) is 10.0 Å². The van der Waals surface area contributed by atoms with Gasteiger partial charge >= 0.3 is 0 Å². The van der Waals surface area contributed by atoms with Crippen molar-refractivity contribution >= 4 is 21.6 Å². The fourth-order valence-electron chi connectivity index (χ4n) is 2.64. The second-order valence-corrected chi connectivity index (χ2v) is 7.95. The minimum atomic E-state index is -3.63. The van der Waals surface area contributed by atoms with Gasteiger partial charge in [0.15, 0.2) is 0 Å². The third-order valence-corrected chi connectivity index (χ3v) is 5.31. The van der Waals surface area contributed by atoms with Crippen molar-refractivity contribution < 1.29 is 17.6 Å². The number of carbonyl (C=O) groups excluding carboxylic acids is 1. The van der Waals surface area contributed by atoms with Gasteiger partial charge in [-0.2, -0.15) is 0 Å². The first-order valence-corrected chi connectivity index (χ1v) is 10.3. The lowest BCUT2D eigenvalue weighted by Crippen LogP contribution is -2.31. The number of hydrogen-bond acceptors (Lipinski definition) is 3. The molecule has 0 aliphatic carbocycles. The largest absolute Gasteiger partial charge is 0.351 e. The zero-order valence-corrected chi connectivity index (χ0v) is 15.7. The van der Waals surface area contributed by atoms with E-state index in [1.165, 1.54) is 12.1 Å². The number of halogens is 1. The Morgan fingerprint density at radius 1 is 0.857 bits per heavy atom. The van der Waals surface area contributed by atoms with Crippen molar-refractivity contribution in [3.05, 3.63) is 90.2 Å². The highest BCUT2D eigenvalue weighted by molar-refractivity contribution is 7.92. The van der Waals surface area contributed by atoms with E-state index in [0.717, 1.165) is 5.56 Å². The molecule has 3 aromatic carbocycles. The highest BCUT2D eigenvalue weighted by Gasteiger charge is 2.15. The van der Waals surface area contributed by atoms with Crippen molar-refractivity contribution in [2.75, 3.05) is 17.0 Å². The first kappa shape index (κ1) is 19.6. The summed E-state index contributed by atoms with van der Waals surface area (Å²) in [5, 5.41) is 2.46. The van der Waals surface area contributed by atoms with Gasteiger partial charge in [-0.15, -0.1) is 0 Å². The molecule has 5 nitrogen and oxygen atoms in total. The van der Waals surface area contributed by atoms with Gasteiger partial charge in [0.25, 0.3) is 5.91 Å². The molecule has 1 amide bonds. The second-order valence-electron chi connectivity index (χ2n) is 6.10. The van der Waals surface area contributed by atoms with Crippen LogP contribution in [0.3, 0.4) is 0 Å². The van der Waals surface area contributed by atoms with Crippen molar-refractivity contribution in [2.24, 2.45) is 0 Å². The summed E-state index contributed by atoms with van der Waals surface area (Å²) in [7, 11) is -3.63. The molecule has 0 aromatic heterocycles. The quantitative estimate of drug-likeness (QED) is 0.638. The SMILES string of the molecule is O=C(NCCS(=O)(=O)Nc1ccccc1)c1cc(-c2ccccc2)ccc1F. The number of amides is 1. The second kappa shape index (κ2) is 8.67. The highest BCUT2D eigenvalue weighted by atomic mass is 32.2. The molecule has 2 N–H and O–H groups in total. The number of anilines is 1. The fourth-order valence-corrected chi connectivity index (χ4v) is 3.61. The summed E-state index contributed by atoms with van der Waals surface area (Å²) >= 11 is 0. The lowest BCUT2D eigenvalue weighted by molar-refractivity contribution is 0.0952. The predicted octanol–water partition coefficient (Wildman–Crippen LogP) is 3.66. The molecule has 0 bridgehead atoms. The molecule has 3 rings (SSSR count). The molecule has 0 atom stereocenters. The Morgan fingerprint density at radius 3 is 2.18 bits per heavy atom. The summed E-state index contributed by atoms with van der Waals surface area (Å²) in [5.74, 6) is -1.65. The molecular formula is C21H19FN2O3S. The Kier molecular flexibility index (Phi) is 6.06. The maximum absolute atomic E-state index is 14.1. The van der Waals surface area contributed by atoms with Crippen molar-refractivity contribution in [3.8, 4) is 11.1 Å². The standard InChI is InChI=1S/C21H19FN2O3S/c22-20-12-11-17(16-7-3-1-4-8-16)15-19(20)21(25)23-13-14-28(26,27)24-18-9-5-2-6-10-18/h1-12,15,24H,13-14H2,(H,23,25). The van der Waals surface area contributed by atoms with Crippen molar-refractivity contribution in [1.29, 1.82) is 0 Å². The molecule has 28 heavy (non-hydrogen) atoms. The molecule has 0 unspecified atom stereocenters. The Bertz CT molecular complexity index is 1060. The molecule has 0 aliphatic rings. The first-order chi connectivity index (χ1) is 13.4. The predicted molar refractivity (Wildman–Crippen MR) is 108 cm³/mol. The van der Waals surface area contributed by atoms with Gasteiger partial charge < -0.3 is 5.32 Å². The lowest BCUT2D eigenvalue weighted by Gasteiger charge is -2.10. The van der Waals surface area contributed by atoms with E-state index in [1.807, 2.05) is 30.3 Å². The van der Waals surface area contributed by atoms with Gasteiger partial charge in [0, 0.05) is 12.2 Å². The van der Waals surface area contributed by atoms with Gasteiger partial charge in [-0.25, -0.2) is 12.8 Å². The van der Waals surface area contributed by atoms with Gasteiger partial charge in [0.1, 0.15) is 5.82 Å². The van der Waals surface area contributed by atoms with Crippen LogP contribution in [0.4, 0.5) is 10.1 Å². The first-order valence-electron chi connectivity index (χ1n) is 8.63. The Balaban J connectivity index is 1.63. The topological polar surface area (TPSA) is 75.3 Å². The van der Waals surface area contributed by atoms with Crippen LogP contribution in [0.15, 0.2) is 78.9 Å². The van der Waals surface area contributed by atoms with Crippen LogP contribution in [0.2, 0.25) is 0 Å². The van der Waals surface area contributed by atoms with Crippen molar-refractivity contribution in [1.82, 2.24) is 5.32 Å². The molecule has 0 aliphatic heterocycles. The summed E-state index contributed by atoms with van der Waals surface area (Å²) in [5.41, 5.74) is 1.86. The van der Waals surface area contributed by atoms with Crippen LogP contribution in [0, 0.1) is 5.82 Å². The number of carbonyl (C=O) groups is 1. The Morgan fingerprint density at radius 2 is 1.50 bits per heavy atom. The van der Waals surface area contributed by atoms with E-state index < -0.39 is 21.7 Å². The van der Waals surface area contributed by atoms with Crippen LogP contribution >= 0.6 is 0 Å². The van der Waals surface area contributed by atoms with Gasteiger partial charge in [0.05, 0.1) is 11.3 Å². The molecule has 0 radical (unpaired) electrons. The summed E-state index contributed by atoms with van der Waals surface area (Å²) in [6, 6.07) is 22.0. The van der Waals surface area contributed by atoms with Crippen LogP contribution in [-0.2, 0) is 10.0 Å². The van der Waals surface area contributed by atoms with E-state index in [0.29, 0.717) is 11.3 Å². The van der Waals surface area contributed by atoms with Crippen LogP contribution in [0.1, 0.15) is 10.4 Å². The zero-order chi connectivity index (χ0) is 20.0. The van der Waals surface area contributed by atoms with Crippen LogP contribution in [0.25, 0.3) is 11.1 Å². The number of rotatable bonds is 7. The molecule has 7 heteroatoms. The summed E-state index contributed by atoms with van der Waals surface area (Å²) in [6.45, 7) is -0.143. The number of benzene rings is 3. The summed E-state index contributed by atoms with van der Waals surface area (Å²) < 4.78 is 40.7. The fraction of sp³-hybridized carbons (Fsp3) is 0.0952. The van der Waals surface area contributed by atoms with Crippen molar-refractivity contribution in [2.45, 2.75) is 0 Å². The normalized spacial score (nSPS) is 11.0. The van der Waals surface area contributed by atoms with E-state index in [-0.39, 0.29) is 17.9 Å². The molecule has 3 aromatic rings. The molecule has 144 valence electrons. The molecule has 0 fully saturated rings. The van der Waals surface area contributed by atoms with Gasteiger partial charge in [-0.1, -0.05) is 54.6 Å². The summed E-state index contributed by atoms with van der Waals surface area (Å²) in [6.07, 6.45) is 0. The van der Waals surface area contributed by atoms with Crippen LogP contribution in [0.5, 0.6) is 0 Å². The minimum absolute atomic E-state index is 0.130. The Hall–Kier alpha value is -3.19. The van der Waals surface area contributed by atoms with Gasteiger partial charge in [0.2, 0.25) is 10.0 Å². The smallest absolute Gasteiger partial charge is 0.254 e. The molecular weight excluding hydrogens is 379 g/mol. The van der Waals surface area contributed by atoms with E-state index in [1.54, 1.807) is 36.4 Å². The van der Waals surface area contributed by atoms with Crippen LogP contribution in [-0.4, -0.2) is 26.6 Å².